The molecule has 0 unspecified atom stereocenters. The third-order valence-corrected chi connectivity index (χ3v) is 4.97. The monoisotopic (exact) mass is 332 g/mol. The van der Waals surface area contributed by atoms with Gasteiger partial charge >= 0.3 is 6.09 Å². The zero-order chi connectivity index (χ0) is 17.3. The Morgan fingerprint density at radius 3 is 2.58 bits per heavy atom. The van der Waals surface area contributed by atoms with Gasteiger partial charge in [0.15, 0.2) is 0 Å². The van der Waals surface area contributed by atoms with Gasteiger partial charge in [0.25, 0.3) is 0 Å². The second-order valence-corrected chi connectivity index (χ2v) is 7.77. The van der Waals surface area contributed by atoms with Gasteiger partial charge in [-0.1, -0.05) is 12.1 Å². The number of amides is 1. The molecule has 24 heavy (non-hydrogen) atoms. The van der Waals surface area contributed by atoms with E-state index in [1.165, 1.54) is 5.56 Å². The van der Waals surface area contributed by atoms with Crippen LogP contribution in [-0.4, -0.2) is 49.4 Å². The van der Waals surface area contributed by atoms with Crippen LogP contribution in [0, 0.1) is 5.92 Å². The lowest BCUT2D eigenvalue weighted by molar-refractivity contribution is 0.0149. The summed E-state index contributed by atoms with van der Waals surface area (Å²) in [6.45, 7) is 8.21. The van der Waals surface area contributed by atoms with E-state index in [1.807, 2.05) is 37.8 Å². The molecule has 132 valence electrons. The topological polar surface area (TPSA) is 50.8 Å². The summed E-state index contributed by atoms with van der Waals surface area (Å²) in [7, 11) is 1.68. The fourth-order valence-corrected chi connectivity index (χ4v) is 3.78. The number of carbonyl (C=O) groups is 1. The number of hydrogen-bond donors (Lipinski definition) is 1. The van der Waals surface area contributed by atoms with Crippen LogP contribution in [-0.2, 0) is 4.74 Å². The van der Waals surface area contributed by atoms with E-state index in [9.17, 15) is 4.79 Å². The Morgan fingerprint density at radius 2 is 1.96 bits per heavy atom. The highest BCUT2D eigenvalue weighted by molar-refractivity contribution is 5.68. The van der Waals surface area contributed by atoms with Crippen LogP contribution in [0.3, 0.4) is 0 Å². The molecule has 1 amide bonds. The number of fused-ring (bicyclic) bond motifs is 1. The number of likely N-dealkylation sites (tertiary alicyclic amines) is 1. The van der Waals surface area contributed by atoms with Gasteiger partial charge in [-0.3, -0.25) is 0 Å². The highest BCUT2D eigenvalue weighted by Crippen LogP contribution is 2.37. The first-order valence-corrected chi connectivity index (χ1v) is 8.72. The highest BCUT2D eigenvalue weighted by atomic mass is 16.6. The molecule has 0 saturated carbocycles. The van der Waals surface area contributed by atoms with E-state index in [4.69, 9.17) is 9.47 Å². The number of nitrogens with one attached hydrogen (secondary N) is 1. The summed E-state index contributed by atoms with van der Waals surface area (Å²) >= 11 is 0. The van der Waals surface area contributed by atoms with Crippen molar-refractivity contribution in [1.82, 2.24) is 10.2 Å². The number of carbonyl (C=O) groups excluding carboxylic acids is 1. The Labute approximate surface area is 144 Å². The van der Waals surface area contributed by atoms with Crippen molar-refractivity contribution in [3.05, 3.63) is 29.8 Å². The standard InChI is InChI=1S/C19H28N2O3/c1-19(2,3)24-18(22)21-10-9-17-16(12-21)15(11-20-17)13-5-7-14(23-4)8-6-13/h5-8,15-17,20H,9-12H2,1-4H3/t15-,16-,17-/m1/s1. The molecule has 3 atom stereocenters. The quantitative estimate of drug-likeness (QED) is 0.904. The SMILES string of the molecule is COc1ccc([C@H]2CN[C@@H]3CCN(C(=O)OC(C)(C)C)C[C@H]23)cc1. The van der Waals surface area contributed by atoms with Crippen molar-refractivity contribution in [2.45, 2.75) is 44.8 Å². The summed E-state index contributed by atoms with van der Waals surface area (Å²) in [5.74, 6) is 1.73. The lowest BCUT2D eigenvalue weighted by Crippen LogP contribution is -2.49. The predicted octanol–water partition coefficient (Wildman–Crippen LogP) is 3.01. The van der Waals surface area contributed by atoms with Gasteiger partial charge in [-0.05, 0) is 44.9 Å². The Kier molecular flexibility index (Phi) is 4.72. The third-order valence-electron chi connectivity index (χ3n) is 4.97. The molecule has 1 aromatic rings. The molecule has 0 aromatic heterocycles. The average Bonchev–Trinajstić information content (AvgIpc) is 2.96. The van der Waals surface area contributed by atoms with Crippen molar-refractivity contribution in [2.24, 2.45) is 5.92 Å². The summed E-state index contributed by atoms with van der Waals surface area (Å²) in [6.07, 6.45) is 0.789. The molecule has 1 N–H and O–H groups in total. The van der Waals surface area contributed by atoms with Crippen LogP contribution in [0.1, 0.15) is 38.7 Å². The number of ether oxygens (including phenoxy) is 2. The van der Waals surface area contributed by atoms with Gasteiger partial charge in [-0.2, -0.15) is 0 Å². The third kappa shape index (κ3) is 3.66. The molecule has 5 heteroatoms. The second-order valence-electron chi connectivity index (χ2n) is 7.77. The van der Waals surface area contributed by atoms with Crippen LogP contribution in [0.25, 0.3) is 0 Å². The number of benzene rings is 1. The zero-order valence-corrected chi connectivity index (χ0v) is 15.0. The summed E-state index contributed by atoms with van der Waals surface area (Å²) in [4.78, 5) is 14.3. The van der Waals surface area contributed by atoms with Crippen LogP contribution < -0.4 is 10.1 Å². The summed E-state index contributed by atoms with van der Waals surface area (Å²) in [6, 6.07) is 8.78. The fraction of sp³-hybridized carbons (Fsp3) is 0.632. The molecule has 0 spiro atoms. The van der Waals surface area contributed by atoms with Crippen molar-refractivity contribution in [1.29, 1.82) is 0 Å². The van der Waals surface area contributed by atoms with Crippen molar-refractivity contribution in [3.63, 3.8) is 0 Å². The molecule has 2 heterocycles. The van der Waals surface area contributed by atoms with E-state index in [2.05, 4.69) is 17.4 Å². The maximum absolute atomic E-state index is 12.4. The Morgan fingerprint density at radius 1 is 1.25 bits per heavy atom. The van der Waals surface area contributed by atoms with E-state index >= 15 is 0 Å². The lowest BCUT2D eigenvalue weighted by Gasteiger charge is -2.37. The van der Waals surface area contributed by atoms with Gasteiger partial charge < -0.3 is 19.7 Å². The van der Waals surface area contributed by atoms with Gasteiger partial charge in [0.2, 0.25) is 0 Å². The molecule has 0 radical (unpaired) electrons. The average molecular weight is 332 g/mol. The molecule has 2 fully saturated rings. The van der Waals surface area contributed by atoms with E-state index in [-0.39, 0.29) is 6.09 Å². The van der Waals surface area contributed by atoms with Crippen molar-refractivity contribution in [3.8, 4) is 5.75 Å². The van der Waals surface area contributed by atoms with Crippen LogP contribution >= 0.6 is 0 Å². The van der Waals surface area contributed by atoms with Crippen LogP contribution in [0.4, 0.5) is 4.79 Å². The van der Waals surface area contributed by atoms with Gasteiger partial charge in [0, 0.05) is 37.5 Å². The molecule has 0 bridgehead atoms. The largest absolute Gasteiger partial charge is 0.497 e. The van der Waals surface area contributed by atoms with Crippen molar-refractivity contribution >= 4 is 6.09 Å². The Hall–Kier alpha value is -1.75. The number of hydrogen-bond acceptors (Lipinski definition) is 4. The van der Waals surface area contributed by atoms with Crippen LogP contribution in [0.15, 0.2) is 24.3 Å². The fourth-order valence-electron chi connectivity index (χ4n) is 3.78. The first-order valence-electron chi connectivity index (χ1n) is 8.72. The smallest absolute Gasteiger partial charge is 0.410 e. The minimum absolute atomic E-state index is 0.193. The molecular weight excluding hydrogens is 304 g/mol. The first kappa shape index (κ1) is 17.1. The number of nitrogens with zero attached hydrogens (tertiary/aromatic N) is 1. The maximum atomic E-state index is 12.4. The minimum Gasteiger partial charge on any atom is -0.497 e. The molecular formula is C19H28N2O3. The second kappa shape index (κ2) is 6.63. The van der Waals surface area contributed by atoms with Gasteiger partial charge in [0.1, 0.15) is 11.4 Å². The molecule has 2 aliphatic rings. The Balaban J connectivity index is 1.70. The van der Waals surface area contributed by atoms with E-state index in [1.54, 1.807) is 7.11 Å². The van der Waals surface area contributed by atoms with Crippen LogP contribution in [0.5, 0.6) is 5.75 Å². The van der Waals surface area contributed by atoms with E-state index in [0.29, 0.717) is 17.9 Å². The summed E-state index contributed by atoms with van der Waals surface area (Å²) in [5.41, 5.74) is 0.860. The molecule has 1 aromatic carbocycles. The lowest BCUT2D eigenvalue weighted by atomic mass is 9.82. The van der Waals surface area contributed by atoms with Gasteiger partial charge in [-0.15, -0.1) is 0 Å². The molecule has 2 aliphatic heterocycles. The van der Waals surface area contributed by atoms with E-state index < -0.39 is 5.60 Å². The maximum Gasteiger partial charge on any atom is 0.410 e. The van der Waals surface area contributed by atoms with Crippen molar-refractivity contribution in [2.75, 3.05) is 26.7 Å². The number of rotatable bonds is 2. The normalized spacial score (nSPS) is 26.8. The Bertz CT molecular complexity index is 579. The summed E-state index contributed by atoms with van der Waals surface area (Å²) < 4.78 is 10.8. The molecule has 3 rings (SSSR count). The minimum atomic E-state index is -0.447. The van der Waals surface area contributed by atoms with Crippen molar-refractivity contribution < 1.29 is 14.3 Å². The predicted molar refractivity (Wildman–Crippen MR) is 93.4 cm³/mol. The van der Waals surface area contributed by atoms with Gasteiger partial charge in [0.05, 0.1) is 7.11 Å². The van der Waals surface area contributed by atoms with Crippen LogP contribution in [0.2, 0.25) is 0 Å². The summed E-state index contributed by atoms with van der Waals surface area (Å²) in [5, 5.41) is 3.63. The molecule has 0 aliphatic carbocycles. The zero-order valence-electron chi connectivity index (χ0n) is 15.0. The number of piperidine rings is 1. The van der Waals surface area contributed by atoms with E-state index in [0.717, 1.165) is 31.8 Å². The first-order chi connectivity index (χ1) is 11.4. The number of methoxy groups -OCH3 is 1. The van der Waals surface area contributed by atoms with Gasteiger partial charge in [-0.25, -0.2) is 4.79 Å². The highest BCUT2D eigenvalue weighted by Gasteiger charge is 2.42. The molecule has 5 nitrogen and oxygen atoms in total. The molecule has 2 saturated heterocycles.